The number of hydrogen-bond donors (Lipinski definition) is 0. The summed E-state index contributed by atoms with van der Waals surface area (Å²) < 4.78 is 35.5. The lowest BCUT2D eigenvalue weighted by Gasteiger charge is -2.02. The Bertz CT molecular complexity index is 241. The number of alkyl halides is 3. The van der Waals surface area contributed by atoms with Crippen molar-refractivity contribution in [2.45, 2.75) is 26.9 Å². The van der Waals surface area contributed by atoms with E-state index in [0.29, 0.717) is 5.69 Å². The summed E-state index contributed by atoms with van der Waals surface area (Å²) in [5, 5.41) is 6.25. The van der Waals surface area contributed by atoms with Gasteiger partial charge in [-0.2, -0.15) is 18.3 Å². The molecular formula is C8H11F3N2. The Morgan fingerprint density at radius 3 is 1.92 bits per heavy atom. The van der Waals surface area contributed by atoms with E-state index in [9.17, 15) is 13.2 Å². The monoisotopic (exact) mass is 192 g/mol. The average Bonchev–Trinajstić information content (AvgIpc) is 2.07. The van der Waals surface area contributed by atoms with Gasteiger partial charge in [0.1, 0.15) is 0 Å². The molecule has 1 aromatic rings. The summed E-state index contributed by atoms with van der Waals surface area (Å²) in [6.07, 6.45) is -4.39. The molecule has 0 amide bonds. The van der Waals surface area contributed by atoms with Gasteiger partial charge in [-0.05, 0) is 19.1 Å². The van der Waals surface area contributed by atoms with Crippen molar-refractivity contribution < 1.29 is 13.2 Å². The molecule has 0 aliphatic carbocycles. The van der Waals surface area contributed by atoms with Crippen molar-refractivity contribution >= 4 is 0 Å². The van der Waals surface area contributed by atoms with Crippen LogP contribution in [0.3, 0.4) is 0 Å². The number of aromatic nitrogens is 2. The third-order valence-electron chi connectivity index (χ3n) is 1.09. The molecule has 1 rings (SSSR count). The normalized spacial score (nSPS) is 10.3. The minimum atomic E-state index is -4.39. The first-order valence-electron chi connectivity index (χ1n) is 3.87. The van der Waals surface area contributed by atoms with Crippen LogP contribution >= 0.6 is 0 Å². The molecule has 0 atom stereocenters. The lowest BCUT2D eigenvalue weighted by atomic mass is 10.3. The number of hydrogen-bond acceptors (Lipinski definition) is 2. The maximum absolute atomic E-state index is 11.8. The summed E-state index contributed by atoms with van der Waals surface area (Å²) in [6.45, 7) is 5.58. The van der Waals surface area contributed by atoms with Crippen LogP contribution in [0.5, 0.6) is 0 Å². The van der Waals surface area contributed by atoms with E-state index in [1.807, 2.05) is 13.8 Å². The lowest BCUT2D eigenvalue weighted by Crippen LogP contribution is -2.08. The quantitative estimate of drug-likeness (QED) is 0.631. The van der Waals surface area contributed by atoms with Gasteiger partial charge in [0.25, 0.3) is 0 Å². The Hall–Kier alpha value is -1.13. The molecule has 2 nitrogen and oxygen atoms in total. The predicted octanol–water partition coefficient (Wildman–Crippen LogP) is 2.83. The van der Waals surface area contributed by atoms with Crippen LogP contribution in [-0.4, -0.2) is 10.2 Å². The zero-order valence-corrected chi connectivity index (χ0v) is 7.68. The topological polar surface area (TPSA) is 25.8 Å². The number of nitrogens with zero attached hydrogens (tertiary/aromatic N) is 2. The van der Waals surface area contributed by atoms with E-state index < -0.39 is 11.9 Å². The van der Waals surface area contributed by atoms with E-state index in [4.69, 9.17) is 0 Å². The summed E-state index contributed by atoms with van der Waals surface area (Å²) in [5.74, 6) is 0. The highest BCUT2D eigenvalue weighted by molar-refractivity contribution is 5.07. The molecule has 0 saturated carbocycles. The van der Waals surface area contributed by atoms with Gasteiger partial charge in [-0.15, -0.1) is 5.10 Å². The van der Waals surface area contributed by atoms with E-state index in [2.05, 4.69) is 10.2 Å². The van der Waals surface area contributed by atoms with Gasteiger partial charge < -0.3 is 0 Å². The molecule has 0 bridgehead atoms. The number of halogens is 3. The third-order valence-corrected chi connectivity index (χ3v) is 1.09. The Labute approximate surface area is 74.8 Å². The molecule has 0 N–H and O–H groups in total. The first-order chi connectivity index (χ1) is 6.00. The SMILES string of the molecule is CC.Cc1ccc(C(F)(F)F)nn1. The summed E-state index contributed by atoms with van der Waals surface area (Å²) >= 11 is 0. The van der Waals surface area contributed by atoms with Crippen LogP contribution in [0.2, 0.25) is 0 Å². The van der Waals surface area contributed by atoms with Crippen molar-refractivity contribution in [1.82, 2.24) is 10.2 Å². The molecule has 0 radical (unpaired) electrons. The average molecular weight is 192 g/mol. The van der Waals surface area contributed by atoms with Crippen LogP contribution in [0.1, 0.15) is 25.2 Å². The minimum absolute atomic E-state index is 0.470. The van der Waals surface area contributed by atoms with Crippen molar-refractivity contribution in [3.63, 3.8) is 0 Å². The minimum Gasteiger partial charge on any atom is -0.164 e. The molecular weight excluding hydrogens is 181 g/mol. The summed E-state index contributed by atoms with van der Waals surface area (Å²) in [7, 11) is 0. The van der Waals surface area contributed by atoms with E-state index in [1.54, 1.807) is 6.92 Å². The second kappa shape index (κ2) is 4.79. The Kier molecular flexibility index (Phi) is 4.37. The molecule has 0 aliphatic heterocycles. The van der Waals surface area contributed by atoms with E-state index >= 15 is 0 Å². The smallest absolute Gasteiger partial charge is 0.164 e. The van der Waals surface area contributed by atoms with Crippen molar-refractivity contribution in [3.05, 3.63) is 23.5 Å². The van der Waals surface area contributed by atoms with Gasteiger partial charge in [-0.3, -0.25) is 0 Å². The highest BCUT2D eigenvalue weighted by Gasteiger charge is 2.32. The molecule has 0 spiro atoms. The molecule has 74 valence electrons. The second-order valence-electron chi connectivity index (χ2n) is 2.06. The van der Waals surface area contributed by atoms with Gasteiger partial charge in [0.15, 0.2) is 5.69 Å². The van der Waals surface area contributed by atoms with Crippen molar-refractivity contribution in [2.75, 3.05) is 0 Å². The first-order valence-corrected chi connectivity index (χ1v) is 3.87. The van der Waals surface area contributed by atoms with Crippen molar-refractivity contribution in [3.8, 4) is 0 Å². The van der Waals surface area contributed by atoms with E-state index in [1.165, 1.54) is 6.07 Å². The molecule has 1 aromatic heterocycles. The molecule has 0 aliphatic rings. The molecule has 5 heteroatoms. The molecule has 0 aromatic carbocycles. The van der Waals surface area contributed by atoms with Gasteiger partial charge in [0, 0.05) is 0 Å². The van der Waals surface area contributed by atoms with Gasteiger partial charge in [0.2, 0.25) is 0 Å². The highest BCUT2D eigenvalue weighted by atomic mass is 19.4. The van der Waals surface area contributed by atoms with E-state index in [0.717, 1.165) is 6.07 Å². The molecule has 0 saturated heterocycles. The van der Waals surface area contributed by atoms with Crippen molar-refractivity contribution in [2.24, 2.45) is 0 Å². The van der Waals surface area contributed by atoms with Crippen LogP contribution < -0.4 is 0 Å². The molecule has 13 heavy (non-hydrogen) atoms. The van der Waals surface area contributed by atoms with Gasteiger partial charge in [-0.25, -0.2) is 0 Å². The van der Waals surface area contributed by atoms with Crippen molar-refractivity contribution in [1.29, 1.82) is 0 Å². The summed E-state index contributed by atoms with van der Waals surface area (Å²) in [4.78, 5) is 0. The lowest BCUT2D eigenvalue weighted by molar-refractivity contribution is -0.141. The fraction of sp³-hybridized carbons (Fsp3) is 0.500. The van der Waals surface area contributed by atoms with E-state index in [-0.39, 0.29) is 0 Å². The standard InChI is InChI=1S/C6H5F3N2.C2H6/c1-4-2-3-5(11-10-4)6(7,8)9;1-2/h2-3H,1H3;1-2H3. The van der Waals surface area contributed by atoms with Gasteiger partial charge in [-0.1, -0.05) is 13.8 Å². The second-order valence-corrected chi connectivity index (χ2v) is 2.06. The zero-order chi connectivity index (χ0) is 10.5. The van der Waals surface area contributed by atoms with Crippen LogP contribution in [0.15, 0.2) is 12.1 Å². The predicted molar refractivity (Wildman–Crippen MR) is 43.1 cm³/mol. The molecule has 0 unspecified atom stereocenters. The maximum Gasteiger partial charge on any atom is 0.435 e. The largest absolute Gasteiger partial charge is 0.435 e. The van der Waals surface area contributed by atoms with Crippen LogP contribution in [0.25, 0.3) is 0 Å². The molecule has 0 fully saturated rings. The third kappa shape index (κ3) is 3.87. The fourth-order valence-electron chi connectivity index (χ4n) is 0.550. The summed E-state index contributed by atoms with van der Waals surface area (Å²) in [5.41, 5.74) is -0.485. The maximum atomic E-state index is 11.8. The highest BCUT2D eigenvalue weighted by Crippen LogP contribution is 2.26. The zero-order valence-electron chi connectivity index (χ0n) is 7.68. The Balaban J connectivity index is 0.000000671. The van der Waals surface area contributed by atoms with Gasteiger partial charge >= 0.3 is 6.18 Å². The van der Waals surface area contributed by atoms with Crippen LogP contribution in [0.4, 0.5) is 13.2 Å². The summed E-state index contributed by atoms with van der Waals surface area (Å²) in [6, 6.07) is 2.18. The fourth-order valence-corrected chi connectivity index (χ4v) is 0.550. The number of aryl methyl sites for hydroxylation is 1. The molecule has 1 heterocycles. The van der Waals surface area contributed by atoms with Gasteiger partial charge in [0.05, 0.1) is 5.69 Å². The number of rotatable bonds is 0. The van der Waals surface area contributed by atoms with Crippen LogP contribution in [-0.2, 0) is 6.18 Å². The Morgan fingerprint density at radius 1 is 1.08 bits per heavy atom. The Morgan fingerprint density at radius 2 is 1.62 bits per heavy atom. The first kappa shape index (κ1) is 11.9. The van der Waals surface area contributed by atoms with Crippen LogP contribution in [0, 0.1) is 6.92 Å².